The van der Waals surface area contributed by atoms with Gasteiger partial charge in [0.05, 0.1) is 31.8 Å². The number of carbonyl (C=O) groups is 2. The molecule has 1 saturated heterocycles. The number of benzene rings is 1. The number of ether oxygens (including phenoxy) is 2. The Balaban J connectivity index is 1.74. The number of amides is 2. The molecule has 0 bridgehead atoms. The first-order valence-electron chi connectivity index (χ1n) is 8.63. The average Bonchev–Trinajstić information content (AvgIpc) is 2.85. The van der Waals surface area contributed by atoms with Crippen molar-refractivity contribution in [3.8, 4) is 11.5 Å². The van der Waals surface area contributed by atoms with Gasteiger partial charge in [-0.3, -0.25) is 9.59 Å². The first-order valence-corrected chi connectivity index (χ1v) is 8.63. The zero-order valence-electron chi connectivity index (χ0n) is 14.4. The fourth-order valence-corrected chi connectivity index (χ4v) is 3.30. The Bertz CT molecular complexity index is 663. The third-order valence-corrected chi connectivity index (χ3v) is 4.61. The summed E-state index contributed by atoms with van der Waals surface area (Å²) in [5.74, 6) is 0.808. The van der Waals surface area contributed by atoms with Crippen LogP contribution in [0.4, 0.5) is 0 Å². The molecule has 0 radical (unpaired) electrons. The van der Waals surface area contributed by atoms with Crippen LogP contribution in [0.1, 0.15) is 36.0 Å². The van der Waals surface area contributed by atoms with E-state index in [-0.39, 0.29) is 24.8 Å². The van der Waals surface area contributed by atoms with Gasteiger partial charge < -0.3 is 24.8 Å². The number of piperidine rings is 1. The topological polar surface area (TPSA) is 88.1 Å². The number of nitrogens with one attached hydrogen (secondary N) is 1. The van der Waals surface area contributed by atoms with E-state index in [4.69, 9.17) is 9.47 Å². The van der Waals surface area contributed by atoms with Crippen LogP contribution >= 0.6 is 0 Å². The number of carbonyl (C=O) groups excluding carboxylic acids is 2. The molecular formula is C18H24N2O5. The number of aliphatic hydroxyl groups is 1. The molecule has 0 saturated carbocycles. The minimum atomic E-state index is -1.18. The molecule has 0 aromatic heterocycles. The molecule has 7 heteroatoms. The van der Waals surface area contributed by atoms with Crippen LogP contribution < -0.4 is 14.8 Å². The summed E-state index contributed by atoms with van der Waals surface area (Å²) >= 11 is 0. The second-order valence-electron chi connectivity index (χ2n) is 6.62. The smallest absolute Gasteiger partial charge is 0.254 e. The highest BCUT2D eigenvalue weighted by Crippen LogP contribution is 2.32. The molecule has 2 heterocycles. The van der Waals surface area contributed by atoms with E-state index in [9.17, 15) is 14.7 Å². The monoisotopic (exact) mass is 348 g/mol. The van der Waals surface area contributed by atoms with E-state index in [1.165, 1.54) is 7.05 Å². The maximum Gasteiger partial charge on any atom is 0.254 e. The molecule has 2 N–H and O–H groups in total. The lowest BCUT2D eigenvalue weighted by atomic mass is 9.89. The summed E-state index contributed by atoms with van der Waals surface area (Å²) < 4.78 is 11.2. The number of β-amino-alcohol motifs (C(OH)–C–C–N with tert-alkyl or cyclic N) is 1. The number of fused-ring (bicyclic) bond motifs is 1. The predicted molar refractivity (Wildman–Crippen MR) is 90.8 cm³/mol. The molecule has 1 aromatic carbocycles. The van der Waals surface area contributed by atoms with Gasteiger partial charge in [0, 0.05) is 25.6 Å². The zero-order valence-corrected chi connectivity index (χ0v) is 14.4. The molecule has 1 aromatic rings. The predicted octanol–water partition coefficient (Wildman–Crippen LogP) is 0.951. The summed E-state index contributed by atoms with van der Waals surface area (Å²) in [5.41, 5.74) is -0.687. The average molecular weight is 348 g/mol. The molecule has 25 heavy (non-hydrogen) atoms. The molecule has 2 aliphatic heterocycles. The van der Waals surface area contributed by atoms with Crippen molar-refractivity contribution in [3.63, 3.8) is 0 Å². The Kier molecular flexibility index (Phi) is 5.13. The van der Waals surface area contributed by atoms with Crippen molar-refractivity contribution in [2.75, 3.05) is 33.4 Å². The SMILES string of the molecule is CNC(=O)CC1(O)CCCN(C(=O)c2ccc3c(c2)OCCCO3)C1. The minimum absolute atomic E-state index is 0.00554. The van der Waals surface area contributed by atoms with Crippen LogP contribution in [0.15, 0.2) is 18.2 Å². The normalized spacial score (nSPS) is 22.9. The van der Waals surface area contributed by atoms with Gasteiger partial charge in [-0.05, 0) is 31.0 Å². The molecule has 0 spiro atoms. The van der Waals surface area contributed by atoms with Crippen LogP contribution in [0, 0.1) is 0 Å². The lowest BCUT2D eigenvalue weighted by Crippen LogP contribution is -2.52. The highest BCUT2D eigenvalue weighted by Gasteiger charge is 2.37. The van der Waals surface area contributed by atoms with Crippen LogP contribution in [0.25, 0.3) is 0 Å². The maximum absolute atomic E-state index is 12.8. The minimum Gasteiger partial charge on any atom is -0.490 e. The van der Waals surface area contributed by atoms with E-state index >= 15 is 0 Å². The number of nitrogens with zero attached hydrogens (tertiary/aromatic N) is 1. The summed E-state index contributed by atoms with van der Waals surface area (Å²) in [6, 6.07) is 5.15. The Morgan fingerprint density at radius 3 is 2.76 bits per heavy atom. The Labute approximate surface area is 146 Å². The molecule has 0 aliphatic carbocycles. The lowest BCUT2D eigenvalue weighted by molar-refractivity contribution is -0.127. The quantitative estimate of drug-likeness (QED) is 0.849. The van der Waals surface area contributed by atoms with Gasteiger partial charge in [0.1, 0.15) is 0 Å². The van der Waals surface area contributed by atoms with Crippen molar-refractivity contribution in [2.45, 2.75) is 31.3 Å². The Hall–Kier alpha value is -2.28. The van der Waals surface area contributed by atoms with Crippen molar-refractivity contribution in [1.82, 2.24) is 10.2 Å². The third-order valence-electron chi connectivity index (χ3n) is 4.61. The molecule has 2 amide bonds. The van der Waals surface area contributed by atoms with Crippen LogP contribution in [-0.2, 0) is 4.79 Å². The molecule has 7 nitrogen and oxygen atoms in total. The summed E-state index contributed by atoms with van der Waals surface area (Å²) in [6.45, 7) is 1.86. The van der Waals surface area contributed by atoms with Gasteiger partial charge in [0.15, 0.2) is 11.5 Å². The summed E-state index contributed by atoms with van der Waals surface area (Å²) in [6.07, 6.45) is 1.96. The second-order valence-corrected chi connectivity index (χ2v) is 6.62. The fourth-order valence-electron chi connectivity index (χ4n) is 3.30. The van der Waals surface area contributed by atoms with E-state index < -0.39 is 5.60 Å². The zero-order chi connectivity index (χ0) is 17.9. The van der Waals surface area contributed by atoms with E-state index in [1.807, 2.05) is 0 Å². The molecular weight excluding hydrogens is 324 g/mol. The largest absolute Gasteiger partial charge is 0.490 e. The van der Waals surface area contributed by atoms with Crippen LogP contribution in [-0.4, -0.2) is 60.8 Å². The van der Waals surface area contributed by atoms with Gasteiger partial charge in [0.25, 0.3) is 5.91 Å². The molecule has 136 valence electrons. The number of hydrogen-bond donors (Lipinski definition) is 2. The van der Waals surface area contributed by atoms with Gasteiger partial charge in [-0.2, -0.15) is 0 Å². The van der Waals surface area contributed by atoms with Gasteiger partial charge in [0.2, 0.25) is 5.91 Å². The number of rotatable bonds is 3. The summed E-state index contributed by atoms with van der Waals surface area (Å²) in [7, 11) is 1.54. The maximum atomic E-state index is 12.8. The third kappa shape index (κ3) is 4.04. The molecule has 3 rings (SSSR count). The molecule has 1 atom stereocenters. The van der Waals surface area contributed by atoms with Crippen molar-refractivity contribution >= 4 is 11.8 Å². The van der Waals surface area contributed by atoms with E-state index in [0.29, 0.717) is 49.7 Å². The molecule has 2 aliphatic rings. The van der Waals surface area contributed by atoms with Crippen molar-refractivity contribution in [1.29, 1.82) is 0 Å². The van der Waals surface area contributed by atoms with Crippen LogP contribution in [0.2, 0.25) is 0 Å². The molecule has 1 fully saturated rings. The van der Waals surface area contributed by atoms with Crippen LogP contribution in [0.3, 0.4) is 0 Å². The Morgan fingerprint density at radius 1 is 1.24 bits per heavy atom. The number of hydrogen-bond acceptors (Lipinski definition) is 5. The number of likely N-dealkylation sites (tertiary alicyclic amines) is 1. The fraction of sp³-hybridized carbons (Fsp3) is 0.556. The molecule has 1 unspecified atom stereocenters. The van der Waals surface area contributed by atoms with E-state index in [0.717, 1.165) is 6.42 Å². The van der Waals surface area contributed by atoms with Crippen molar-refractivity contribution in [3.05, 3.63) is 23.8 Å². The van der Waals surface area contributed by atoms with E-state index in [2.05, 4.69) is 5.32 Å². The van der Waals surface area contributed by atoms with Crippen molar-refractivity contribution in [2.24, 2.45) is 0 Å². The van der Waals surface area contributed by atoms with E-state index in [1.54, 1.807) is 23.1 Å². The highest BCUT2D eigenvalue weighted by atomic mass is 16.5. The summed E-state index contributed by atoms with van der Waals surface area (Å²) in [5, 5.41) is 13.2. The second kappa shape index (κ2) is 7.31. The first-order chi connectivity index (χ1) is 12.0. The lowest BCUT2D eigenvalue weighted by Gasteiger charge is -2.38. The standard InChI is InChI=1S/C18H24N2O5/c1-19-16(21)11-18(23)6-2-7-20(12-18)17(22)13-4-5-14-15(10-13)25-9-3-8-24-14/h4-5,10,23H,2-3,6-9,11-12H2,1H3,(H,19,21). The van der Waals surface area contributed by atoms with Gasteiger partial charge >= 0.3 is 0 Å². The van der Waals surface area contributed by atoms with Gasteiger partial charge in [-0.25, -0.2) is 0 Å². The Morgan fingerprint density at radius 2 is 2.00 bits per heavy atom. The highest BCUT2D eigenvalue weighted by molar-refractivity contribution is 5.95. The van der Waals surface area contributed by atoms with Crippen molar-refractivity contribution < 1.29 is 24.2 Å². The van der Waals surface area contributed by atoms with Gasteiger partial charge in [-0.1, -0.05) is 0 Å². The van der Waals surface area contributed by atoms with Crippen LogP contribution in [0.5, 0.6) is 11.5 Å². The summed E-state index contributed by atoms with van der Waals surface area (Å²) in [4.78, 5) is 26.1. The first kappa shape index (κ1) is 17.5. The van der Waals surface area contributed by atoms with Gasteiger partial charge in [-0.15, -0.1) is 0 Å².